The van der Waals surface area contributed by atoms with E-state index in [9.17, 15) is 0 Å². The molecule has 5 nitrogen and oxygen atoms in total. The van der Waals surface area contributed by atoms with Crippen LogP contribution in [0.4, 0.5) is 5.82 Å². The first-order valence-corrected chi connectivity index (χ1v) is 7.14. The molecule has 0 saturated carbocycles. The van der Waals surface area contributed by atoms with Crippen molar-refractivity contribution in [2.75, 3.05) is 37.7 Å². The summed E-state index contributed by atoms with van der Waals surface area (Å²) in [7, 11) is 0. The molecule has 0 radical (unpaired) electrons. The van der Waals surface area contributed by atoms with Crippen LogP contribution in [0.1, 0.15) is 25.4 Å². The van der Waals surface area contributed by atoms with Gasteiger partial charge in [0.2, 0.25) is 0 Å². The number of aromatic nitrogens is 2. The van der Waals surface area contributed by atoms with Crippen LogP contribution in [0.5, 0.6) is 0 Å². The summed E-state index contributed by atoms with van der Waals surface area (Å²) in [5, 5.41) is 3.40. The van der Waals surface area contributed by atoms with Gasteiger partial charge in [-0.3, -0.25) is 0 Å². The smallest absolute Gasteiger partial charge is 0.132 e. The standard InChI is InChI=1S/C14H24N4O/c1-4-12-8-14(17-11(3)16-12)18-6-7-19-10-13(18)9-15-5-2/h8,13,15H,4-7,9-10H2,1-3H3. The lowest BCUT2D eigenvalue weighted by atomic mass is 10.2. The largest absolute Gasteiger partial charge is 0.377 e. The molecule has 1 unspecified atom stereocenters. The van der Waals surface area contributed by atoms with E-state index in [-0.39, 0.29) is 0 Å². The third-order valence-electron chi connectivity index (χ3n) is 3.39. The SMILES string of the molecule is CCNCC1COCCN1c1cc(CC)nc(C)n1. The number of ether oxygens (including phenoxy) is 1. The molecule has 5 heteroatoms. The molecular weight excluding hydrogens is 240 g/mol. The summed E-state index contributed by atoms with van der Waals surface area (Å²) in [4.78, 5) is 11.4. The molecule has 2 rings (SSSR count). The number of rotatable bonds is 5. The molecule has 0 aromatic carbocycles. The molecule has 0 amide bonds. The minimum Gasteiger partial charge on any atom is -0.377 e. The van der Waals surface area contributed by atoms with Crippen molar-refractivity contribution in [3.05, 3.63) is 17.6 Å². The predicted molar refractivity (Wildman–Crippen MR) is 76.6 cm³/mol. The second-order valence-electron chi connectivity index (χ2n) is 4.85. The molecule has 1 aromatic rings. The first-order chi connectivity index (χ1) is 9.24. The Labute approximate surface area is 115 Å². The van der Waals surface area contributed by atoms with Crippen molar-refractivity contribution in [2.45, 2.75) is 33.2 Å². The second kappa shape index (κ2) is 6.82. The molecule has 0 bridgehead atoms. The Balaban J connectivity index is 2.18. The van der Waals surface area contributed by atoms with Gasteiger partial charge in [-0.05, 0) is 19.9 Å². The summed E-state index contributed by atoms with van der Waals surface area (Å²) < 4.78 is 5.59. The van der Waals surface area contributed by atoms with Crippen LogP contribution in [-0.2, 0) is 11.2 Å². The van der Waals surface area contributed by atoms with Crippen LogP contribution in [0.3, 0.4) is 0 Å². The summed E-state index contributed by atoms with van der Waals surface area (Å²) in [6, 6.07) is 2.46. The molecule has 0 spiro atoms. The van der Waals surface area contributed by atoms with E-state index in [2.05, 4.69) is 40.1 Å². The van der Waals surface area contributed by atoms with Gasteiger partial charge < -0.3 is 15.0 Å². The molecule has 1 aliphatic rings. The molecular formula is C14H24N4O. The molecule has 0 aliphatic carbocycles. The monoisotopic (exact) mass is 264 g/mol. The van der Waals surface area contributed by atoms with Crippen molar-refractivity contribution in [1.29, 1.82) is 0 Å². The maximum absolute atomic E-state index is 5.59. The molecule has 1 fully saturated rings. The van der Waals surface area contributed by atoms with Crippen LogP contribution in [0, 0.1) is 6.92 Å². The highest BCUT2D eigenvalue weighted by Gasteiger charge is 2.24. The van der Waals surface area contributed by atoms with E-state index in [1.807, 2.05) is 6.92 Å². The molecule has 1 aliphatic heterocycles. The average molecular weight is 264 g/mol. The molecule has 1 aromatic heterocycles. The van der Waals surface area contributed by atoms with E-state index in [0.29, 0.717) is 6.04 Å². The number of likely N-dealkylation sites (N-methyl/N-ethyl adjacent to an activating group) is 1. The number of hydrogen-bond acceptors (Lipinski definition) is 5. The van der Waals surface area contributed by atoms with E-state index in [1.165, 1.54) is 0 Å². The lowest BCUT2D eigenvalue weighted by Gasteiger charge is -2.36. The zero-order chi connectivity index (χ0) is 13.7. The van der Waals surface area contributed by atoms with Crippen molar-refractivity contribution in [3.63, 3.8) is 0 Å². The molecule has 1 N–H and O–H groups in total. The Kier molecular flexibility index (Phi) is 5.10. The lowest BCUT2D eigenvalue weighted by Crippen LogP contribution is -2.51. The van der Waals surface area contributed by atoms with Crippen LogP contribution in [0.25, 0.3) is 0 Å². The fourth-order valence-electron chi connectivity index (χ4n) is 2.38. The highest BCUT2D eigenvalue weighted by Crippen LogP contribution is 2.18. The number of nitrogens with zero attached hydrogens (tertiary/aromatic N) is 3. The quantitative estimate of drug-likeness (QED) is 0.865. The highest BCUT2D eigenvalue weighted by molar-refractivity contribution is 5.42. The van der Waals surface area contributed by atoms with Crippen molar-refractivity contribution in [2.24, 2.45) is 0 Å². The fourth-order valence-corrected chi connectivity index (χ4v) is 2.38. The van der Waals surface area contributed by atoms with Gasteiger partial charge in [-0.15, -0.1) is 0 Å². The first-order valence-electron chi connectivity index (χ1n) is 7.14. The van der Waals surface area contributed by atoms with E-state index in [1.54, 1.807) is 0 Å². The fraction of sp³-hybridized carbons (Fsp3) is 0.714. The van der Waals surface area contributed by atoms with Crippen LogP contribution >= 0.6 is 0 Å². The van der Waals surface area contributed by atoms with E-state index in [0.717, 1.165) is 56.6 Å². The van der Waals surface area contributed by atoms with Gasteiger partial charge >= 0.3 is 0 Å². The Morgan fingerprint density at radius 2 is 2.26 bits per heavy atom. The zero-order valence-electron chi connectivity index (χ0n) is 12.1. The van der Waals surface area contributed by atoms with Crippen molar-refractivity contribution < 1.29 is 4.74 Å². The number of morpholine rings is 1. The Hall–Kier alpha value is -1.20. The van der Waals surface area contributed by atoms with Crippen molar-refractivity contribution in [3.8, 4) is 0 Å². The van der Waals surface area contributed by atoms with E-state index >= 15 is 0 Å². The van der Waals surface area contributed by atoms with Crippen molar-refractivity contribution >= 4 is 5.82 Å². The van der Waals surface area contributed by atoms with Crippen LogP contribution in [0.2, 0.25) is 0 Å². The summed E-state index contributed by atoms with van der Waals surface area (Å²) >= 11 is 0. The van der Waals surface area contributed by atoms with Gasteiger partial charge in [-0.1, -0.05) is 13.8 Å². The maximum atomic E-state index is 5.59. The summed E-state index contributed by atoms with van der Waals surface area (Å²) in [6.07, 6.45) is 0.943. The topological polar surface area (TPSA) is 50.3 Å². The Bertz CT molecular complexity index is 410. The molecule has 1 atom stereocenters. The molecule has 2 heterocycles. The van der Waals surface area contributed by atoms with E-state index < -0.39 is 0 Å². The van der Waals surface area contributed by atoms with Crippen LogP contribution in [0.15, 0.2) is 6.07 Å². The van der Waals surface area contributed by atoms with Gasteiger partial charge in [0.05, 0.1) is 19.3 Å². The maximum Gasteiger partial charge on any atom is 0.132 e. The van der Waals surface area contributed by atoms with Gasteiger partial charge in [0, 0.05) is 24.8 Å². The molecule has 106 valence electrons. The van der Waals surface area contributed by atoms with Gasteiger partial charge in [0.15, 0.2) is 0 Å². The zero-order valence-corrected chi connectivity index (χ0v) is 12.1. The lowest BCUT2D eigenvalue weighted by molar-refractivity contribution is 0.0934. The third kappa shape index (κ3) is 3.64. The second-order valence-corrected chi connectivity index (χ2v) is 4.85. The molecule has 1 saturated heterocycles. The summed E-state index contributed by atoms with van der Waals surface area (Å²) in [5.41, 5.74) is 1.11. The number of anilines is 1. The Morgan fingerprint density at radius 3 is 3.00 bits per heavy atom. The Morgan fingerprint density at radius 1 is 1.42 bits per heavy atom. The van der Waals surface area contributed by atoms with Crippen LogP contribution in [-0.4, -0.2) is 48.9 Å². The number of hydrogen-bond donors (Lipinski definition) is 1. The van der Waals surface area contributed by atoms with Gasteiger partial charge in [0.25, 0.3) is 0 Å². The minimum atomic E-state index is 0.354. The van der Waals surface area contributed by atoms with Crippen LogP contribution < -0.4 is 10.2 Å². The first kappa shape index (κ1) is 14.2. The van der Waals surface area contributed by atoms with Gasteiger partial charge in [0.1, 0.15) is 11.6 Å². The summed E-state index contributed by atoms with van der Waals surface area (Å²) in [5.74, 6) is 1.89. The average Bonchev–Trinajstić information content (AvgIpc) is 2.44. The minimum absolute atomic E-state index is 0.354. The molecule has 19 heavy (non-hydrogen) atoms. The highest BCUT2D eigenvalue weighted by atomic mass is 16.5. The predicted octanol–water partition coefficient (Wildman–Crippen LogP) is 1.16. The summed E-state index contributed by atoms with van der Waals surface area (Å²) in [6.45, 7) is 10.6. The van der Waals surface area contributed by atoms with Gasteiger partial charge in [-0.25, -0.2) is 9.97 Å². The van der Waals surface area contributed by atoms with Gasteiger partial charge in [-0.2, -0.15) is 0 Å². The number of aryl methyl sites for hydroxylation is 2. The van der Waals surface area contributed by atoms with E-state index in [4.69, 9.17) is 4.74 Å². The number of nitrogens with one attached hydrogen (secondary N) is 1. The van der Waals surface area contributed by atoms with Crippen molar-refractivity contribution in [1.82, 2.24) is 15.3 Å². The normalized spacial score (nSPS) is 19.7. The third-order valence-corrected chi connectivity index (χ3v) is 3.39.